The summed E-state index contributed by atoms with van der Waals surface area (Å²) in [4.78, 5) is 36.5. The number of aryl methyl sites for hydroxylation is 1. The first-order chi connectivity index (χ1) is 10.9. The van der Waals surface area contributed by atoms with Crippen LogP contribution < -0.4 is 10.6 Å². The van der Waals surface area contributed by atoms with E-state index in [9.17, 15) is 14.4 Å². The molecule has 7 heteroatoms. The van der Waals surface area contributed by atoms with Gasteiger partial charge in [0.15, 0.2) is 0 Å². The number of anilines is 1. The van der Waals surface area contributed by atoms with Gasteiger partial charge in [0.25, 0.3) is 0 Å². The summed E-state index contributed by atoms with van der Waals surface area (Å²) in [5, 5.41) is 4.88. The van der Waals surface area contributed by atoms with Gasteiger partial charge in [0, 0.05) is 5.69 Å². The van der Waals surface area contributed by atoms with E-state index in [4.69, 9.17) is 0 Å². The first kappa shape index (κ1) is 18.6. The average molecular weight is 321 g/mol. The molecular weight excluding hydrogens is 298 g/mol. The van der Waals surface area contributed by atoms with Gasteiger partial charge in [-0.25, -0.2) is 4.79 Å². The standard InChI is InChI=1S/C16H23N3O4/c1-4-19(11-15(21)18-16(22)23-5-2)10-14(20)17-13-8-6-7-12(3)9-13/h6-9H,4-5,10-11H2,1-3H3,(H,17,20)(H,18,21,22). The van der Waals surface area contributed by atoms with Crippen LogP contribution in [0.2, 0.25) is 0 Å². The summed E-state index contributed by atoms with van der Waals surface area (Å²) in [7, 11) is 0. The molecular formula is C16H23N3O4. The number of nitrogens with zero attached hydrogens (tertiary/aromatic N) is 1. The maximum absolute atomic E-state index is 12.0. The maximum Gasteiger partial charge on any atom is 0.413 e. The molecule has 0 aliphatic rings. The van der Waals surface area contributed by atoms with Gasteiger partial charge in [-0.2, -0.15) is 0 Å². The van der Waals surface area contributed by atoms with Crippen molar-refractivity contribution in [3.63, 3.8) is 0 Å². The van der Waals surface area contributed by atoms with Crippen molar-refractivity contribution in [3.8, 4) is 0 Å². The summed E-state index contributed by atoms with van der Waals surface area (Å²) in [6.07, 6.45) is -0.780. The lowest BCUT2D eigenvalue weighted by Gasteiger charge is -2.19. The number of imide groups is 1. The Morgan fingerprint density at radius 1 is 1.13 bits per heavy atom. The molecule has 0 fully saturated rings. The highest BCUT2D eigenvalue weighted by atomic mass is 16.5. The fourth-order valence-electron chi connectivity index (χ4n) is 1.93. The minimum Gasteiger partial charge on any atom is -0.450 e. The second kappa shape index (κ2) is 9.58. The monoisotopic (exact) mass is 321 g/mol. The van der Waals surface area contributed by atoms with Crippen molar-refractivity contribution in [1.29, 1.82) is 0 Å². The number of amides is 3. The number of hydrogen-bond acceptors (Lipinski definition) is 5. The zero-order valence-corrected chi connectivity index (χ0v) is 13.7. The second-order valence-corrected chi connectivity index (χ2v) is 4.99. The number of benzene rings is 1. The van der Waals surface area contributed by atoms with Crippen LogP contribution >= 0.6 is 0 Å². The van der Waals surface area contributed by atoms with Crippen LogP contribution in [0.5, 0.6) is 0 Å². The average Bonchev–Trinajstić information content (AvgIpc) is 2.46. The first-order valence-corrected chi connectivity index (χ1v) is 7.50. The molecule has 0 atom stereocenters. The third-order valence-corrected chi connectivity index (χ3v) is 3.00. The van der Waals surface area contributed by atoms with Crippen LogP contribution in [-0.4, -0.2) is 49.0 Å². The summed E-state index contributed by atoms with van der Waals surface area (Å²) < 4.78 is 4.63. The van der Waals surface area contributed by atoms with Crippen molar-refractivity contribution >= 4 is 23.6 Å². The molecule has 126 valence electrons. The molecule has 0 saturated heterocycles. The van der Waals surface area contributed by atoms with E-state index in [-0.39, 0.29) is 25.6 Å². The zero-order valence-electron chi connectivity index (χ0n) is 13.7. The van der Waals surface area contributed by atoms with Crippen molar-refractivity contribution in [2.24, 2.45) is 0 Å². The van der Waals surface area contributed by atoms with Gasteiger partial charge in [-0.3, -0.25) is 19.8 Å². The summed E-state index contributed by atoms with van der Waals surface area (Å²) in [5.74, 6) is -0.727. The topological polar surface area (TPSA) is 87.7 Å². The zero-order chi connectivity index (χ0) is 17.2. The molecule has 0 aliphatic heterocycles. The lowest BCUT2D eigenvalue weighted by Crippen LogP contribution is -2.43. The normalized spacial score (nSPS) is 10.3. The van der Waals surface area contributed by atoms with Gasteiger partial charge in [0.05, 0.1) is 19.7 Å². The number of carbonyl (C=O) groups is 3. The van der Waals surface area contributed by atoms with E-state index < -0.39 is 12.0 Å². The van der Waals surface area contributed by atoms with Gasteiger partial charge < -0.3 is 10.1 Å². The second-order valence-electron chi connectivity index (χ2n) is 4.99. The SMILES string of the molecule is CCOC(=O)NC(=O)CN(CC)CC(=O)Nc1cccc(C)c1. The summed E-state index contributed by atoms with van der Waals surface area (Å²) in [5.41, 5.74) is 1.76. The molecule has 1 rings (SSSR count). The molecule has 0 saturated carbocycles. The molecule has 0 unspecified atom stereocenters. The Kier molecular flexibility index (Phi) is 7.76. The van der Waals surface area contributed by atoms with Gasteiger partial charge in [0.1, 0.15) is 0 Å². The van der Waals surface area contributed by atoms with E-state index in [1.54, 1.807) is 17.9 Å². The number of likely N-dealkylation sites (N-methyl/N-ethyl adjacent to an activating group) is 1. The molecule has 2 N–H and O–H groups in total. The van der Waals surface area contributed by atoms with Crippen LogP contribution in [0.15, 0.2) is 24.3 Å². The number of hydrogen-bond donors (Lipinski definition) is 2. The Hall–Kier alpha value is -2.41. The first-order valence-electron chi connectivity index (χ1n) is 7.50. The number of rotatable bonds is 7. The Balaban J connectivity index is 2.47. The van der Waals surface area contributed by atoms with Crippen molar-refractivity contribution in [2.45, 2.75) is 20.8 Å². The molecule has 0 aliphatic carbocycles. The molecule has 0 bridgehead atoms. The fraction of sp³-hybridized carbons (Fsp3) is 0.438. The maximum atomic E-state index is 12.0. The van der Waals surface area contributed by atoms with Gasteiger partial charge in [-0.15, -0.1) is 0 Å². The minimum atomic E-state index is -0.780. The Labute approximate surface area is 136 Å². The molecule has 0 spiro atoms. The molecule has 23 heavy (non-hydrogen) atoms. The highest BCUT2D eigenvalue weighted by Crippen LogP contribution is 2.09. The summed E-state index contributed by atoms with van der Waals surface area (Å²) >= 11 is 0. The highest BCUT2D eigenvalue weighted by molar-refractivity contribution is 5.94. The van der Waals surface area contributed by atoms with Crippen LogP contribution in [0.1, 0.15) is 19.4 Å². The van der Waals surface area contributed by atoms with Crippen molar-refractivity contribution in [3.05, 3.63) is 29.8 Å². The van der Waals surface area contributed by atoms with Crippen molar-refractivity contribution < 1.29 is 19.1 Å². The van der Waals surface area contributed by atoms with Crippen LogP contribution in [-0.2, 0) is 14.3 Å². The number of ether oxygens (including phenoxy) is 1. The van der Waals surface area contributed by atoms with Crippen LogP contribution in [0.3, 0.4) is 0 Å². The number of carbonyl (C=O) groups excluding carboxylic acids is 3. The Morgan fingerprint density at radius 3 is 2.43 bits per heavy atom. The fourth-order valence-corrected chi connectivity index (χ4v) is 1.93. The number of nitrogens with one attached hydrogen (secondary N) is 2. The van der Waals surface area contributed by atoms with Crippen LogP contribution in [0.4, 0.5) is 10.5 Å². The Morgan fingerprint density at radius 2 is 1.83 bits per heavy atom. The Bertz CT molecular complexity index is 560. The molecule has 0 heterocycles. The van der Waals surface area contributed by atoms with Crippen molar-refractivity contribution in [2.75, 3.05) is 31.6 Å². The highest BCUT2D eigenvalue weighted by Gasteiger charge is 2.15. The van der Waals surface area contributed by atoms with Gasteiger partial charge >= 0.3 is 6.09 Å². The van der Waals surface area contributed by atoms with Crippen LogP contribution in [0, 0.1) is 6.92 Å². The lowest BCUT2D eigenvalue weighted by atomic mass is 10.2. The molecule has 0 radical (unpaired) electrons. The number of alkyl carbamates (subject to hydrolysis) is 1. The van der Waals surface area contributed by atoms with E-state index in [2.05, 4.69) is 15.4 Å². The predicted octanol–water partition coefficient (Wildman–Crippen LogP) is 1.53. The third kappa shape index (κ3) is 7.42. The van der Waals surface area contributed by atoms with E-state index >= 15 is 0 Å². The summed E-state index contributed by atoms with van der Waals surface area (Å²) in [6, 6.07) is 7.46. The third-order valence-electron chi connectivity index (χ3n) is 3.00. The molecule has 1 aromatic carbocycles. The van der Waals surface area contributed by atoms with E-state index in [1.807, 2.05) is 32.0 Å². The van der Waals surface area contributed by atoms with Gasteiger partial charge in [0.2, 0.25) is 11.8 Å². The van der Waals surface area contributed by atoms with E-state index in [0.717, 1.165) is 5.56 Å². The van der Waals surface area contributed by atoms with Crippen molar-refractivity contribution in [1.82, 2.24) is 10.2 Å². The quantitative estimate of drug-likeness (QED) is 0.795. The summed E-state index contributed by atoms with van der Waals surface area (Å²) in [6.45, 7) is 6.10. The molecule has 1 aromatic rings. The molecule has 3 amide bonds. The van der Waals surface area contributed by atoms with E-state index in [0.29, 0.717) is 12.2 Å². The molecule has 7 nitrogen and oxygen atoms in total. The molecule has 0 aromatic heterocycles. The largest absolute Gasteiger partial charge is 0.450 e. The van der Waals surface area contributed by atoms with Gasteiger partial charge in [-0.05, 0) is 38.1 Å². The van der Waals surface area contributed by atoms with Gasteiger partial charge in [-0.1, -0.05) is 19.1 Å². The lowest BCUT2D eigenvalue weighted by molar-refractivity contribution is -0.122. The van der Waals surface area contributed by atoms with Crippen LogP contribution in [0.25, 0.3) is 0 Å². The smallest absolute Gasteiger partial charge is 0.413 e. The minimum absolute atomic E-state index is 0.0562. The predicted molar refractivity (Wildman–Crippen MR) is 87.1 cm³/mol. The van der Waals surface area contributed by atoms with E-state index in [1.165, 1.54) is 0 Å².